The Balaban J connectivity index is 1.75. The van der Waals surface area contributed by atoms with Crippen LogP contribution in [0.1, 0.15) is 42.5 Å². The lowest BCUT2D eigenvalue weighted by molar-refractivity contribution is -0.110. The molecule has 0 saturated heterocycles. The van der Waals surface area contributed by atoms with E-state index in [1.807, 2.05) is 49.5 Å². The number of nitrogens with one attached hydrogen (secondary N) is 3. The molecule has 1 aliphatic rings. The van der Waals surface area contributed by atoms with Gasteiger partial charge in [0.25, 0.3) is 5.91 Å². The van der Waals surface area contributed by atoms with Crippen LogP contribution in [0.15, 0.2) is 72.8 Å². The Hall–Kier alpha value is -3.44. The maximum Gasteiger partial charge on any atom is 0.258 e. The highest BCUT2D eigenvalue weighted by Gasteiger charge is 2.28. The number of halogens is 1. The van der Waals surface area contributed by atoms with E-state index in [-0.39, 0.29) is 11.7 Å². The Labute approximate surface area is 182 Å². The summed E-state index contributed by atoms with van der Waals surface area (Å²) in [6.07, 6.45) is 2.17. The molecule has 158 valence electrons. The minimum absolute atomic E-state index is 0.248. The SMILES string of the molecule is CCCC(NC)c1ccc(N/C(=C2\C(=O)Nc3cc(F)ccc32)c2ccccc2)cc1. The van der Waals surface area contributed by atoms with Crippen LogP contribution in [-0.2, 0) is 4.79 Å². The fraction of sp³-hybridized carbons (Fsp3) is 0.192. The van der Waals surface area contributed by atoms with Gasteiger partial charge in [0.2, 0.25) is 0 Å². The van der Waals surface area contributed by atoms with Crippen molar-refractivity contribution < 1.29 is 9.18 Å². The van der Waals surface area contributed by atoms with Crippen molar-refractivity contribution >= 4 is 28.6 Å². The summed E-state index contributed by atoms with van der Waals surface area (Å²) in [5.74, 6) is -0.627. The van der Waals surface area contributed by atoms with Gasteiger partial charge in [-0.25, -0.2) is 4.39 Å². The molecule has 3 aromatic carbocycles. The van der Waals surface area contributed by atoms with E-state index in [4.69, 9.17) is 0 Å². The van der Waals surface area contributed by atoms with E-state index in [0.717, 1.165) is 24.1 Å². The van der Waals surface area contributed by atoms with Gasteiger partial charge < -0.3 is 16.0 Å². The standard InChI is InChI=1S/C26H26FN3O/c1-3-7-22(28-2)17-10-13-20(14-11-17)29-25(18-8-5-4-6-9-18)24-21-15-12-19(27)16-23(21)30-26(24)31/h4-6,8-16,22,28-29H,3,7H2,1-2H3,(H,30,31)/b25-24-. The largest absolute Gasteiger partial charge is 0.354 e. The van der Waals surface area contributed by atoms with Crippen LogP contribution in [0.25, 0.3) is 11.3 Å². The topological polar surface area (TPSA) is 53.2 Å². The predicted molar refractivity (Wildman–Crippen MR) is 125 cm³/mol. The highest BCUT2D eigenvalue weighted by molar-refractivity contribution is 6.37. The van der Waals surface area contributed by atoms with Crippen LogP contribution in [0.3, 0.4) is 0 Å². The fourth-order valence-corrected chi connectivity index (χ4v) is 3.99. The molecule has 1 atom stereocenters. The summed E-state index contributed by atoms with van der Waals surface area (Å²) in [6, 6.07) is 22.6. The number of benzene rings is 3. The summed E-state index contributed by atoms with van der Waals surface area (Å²) in [5, 5.41) is 9.59. The molecular formula is C26H26FN3O. The van der Waals surface area contributed by atoms with Crippen molar-refractivity contribution in [1.82, 2.24) is 5.32 Å². The minimum atomic E-state index is -0.378. The Morgan fingerprint density at radius 3 is 2.45 bits per heavy atom. The third-order valence-electron chi connectivity index (χ3n) is 5.55. The van der Waals surface area contributed by atoms with Crippen molar-refractivity contribution in [3.8, 4) is 0 Å². The van der Waals surface area contributed by atoms with Crippen molar-refractivity contribution in [2.45, 2.75) is 25.8 Å². The summed E-state index contributed by atoms with van der Waals surface area (Å²) < 4.78 is 13.7. The first-order valence-electron chi connectivity index (χ1n) is 10.6. The number of rotatable bonds is 7. The number of hydrogen-bond donors (Lipinski definition) is 3. The first-order valence-corrected chi connectivity index (χ1v) is 10.6. The summed E-state index contributed by atoms with van der Waals surface area (Å²) in [6.45, 7) is 2.18. The van der Waals surface area contributed by atoms with Gasteiger partial charge in [-0.15, -0.1) is 0 Å². The monoisotopic (exact) mass is 415 g/mol. The zero-order valence-corrected chi connectivity index (χ0v) is 17.7. The summed E-state index contributed by atoms with van der Waals surface area (Å²) in [5.41, 5.74) is 5.36. The molecule has 0 spiro atoms. The molecule has 1 aliphatic heterocycles. The molecule has 0 saturated carbocycles. The van der Waals surface area contributed by atoms with E-state index >= 15 is 0 Å². The van der Waals surface area contributed by atoms with Gasteiger partial charge in [-0.3, -0.25) is 4.79 Å². The Kier molecular flexibility index (Phi) is 6.14. The van der Waals surface area contributed by atoms with Crippen molar-refractivity contribution in [3.63, 3.8) is 0 Å². The van der Waals surface area contributed by atoms with Crippen LogP contribution < -0.4 is 16.0 Å². The smallest absolute Gasteiger partial charge is 0.258 e. The van der Waals surface area contributed by atoms with Crippen LogP contribution in [0.5, 0.6) is 0 Å². The quantitative estimate of drug-likeness (QED) is 0.426. The molecule has 3 aromatic rings. The number of carbonyl (C=O) groups is 1. The van der Waals surface area contributed by atoms with Gasteiger partial charge in [0.1, 0.15) is 5.82 Å². The van der Waals surface area contributed by atoms with Crippen LogP contribution >= 0.6 is 0 Å². The molecule has 1 unspecified atom stereocenters. The van der Waals surface area contributed by atoms with Gasteiger partial charge in [-0.2, -0.15) is 0 Å². The van der Waals surface area contributed by atoms with Gasteiger partial charge in [0, 0.05) is 17.3 Å². The Morgan fingerprint density at radius 2 is 1.77 bits per heavy atom. The molecule has 0 fully saturated rings. The number of hydrogen-bond acceptors (Lipinski definition) is 3. The van der Waals surface area contributed by atoms with E-state index in [9.17, 15) is 9.18 Å². The molecule has 3 N–H and O–H groups in total. The second-order valence-corrected chi connectivity index (χ2v) is 7.64. The van der Waals surface area contributed by atoms with Crippen LogP contribution in [0.2, 0.25) is 0 Å². The molecule has 0 aromatic heterocycles. The lowest BCUT2D eigenvalue weighted by Crippen LogP contribution is -2.16. The Morgan fingerprint density at radius 1 is 1.03 bits per heavy atom. The molecule has 1 heterocycles. The molecule has 0 bridgehead atoms. The van der Waals surface area contributed by atoms with E-state index in [1.165, 1.54) is 17.7 Å². The lowest BCUT2D eigenvalue weighted by atomic mass is 9.99. The number of fused-ring (bicyclic) bond motifs is 1. The maximum absolute atomic E-state index is 13.7. The molecule has 1 amide bonds. The predicted octanol–water partition coefficient (Wildman–Crippen LogP) is 5.82. The minimum Gasteiger partial charge on any atom is -0.354 e. The van der Waals surface area contributed by atoms with E-state index in [1.54, 1.807) is 6.07 Å². The van der Waals surface area contributed by atoms with Gasteiger partial charge in [-0.05, 0) is 54.9 Å². The van der Waals surface area contributed by atoms with E-state index in [2.05, 4.69) is 35.0 Å². The highest BCUT2D eigenvalue weighted by atomic mass is 19.1. The van der Waals surface area contributed by atoms with Gasteiger partial charge in [0.05, 0.1) is 17.0 Å². The van der Waals surface area contributed by atoms with Gasteiger partial charge in [0.15, 0.2) is 0 Å². The van der Waals surface area contributed by atoms with Crippen LogP contribution in [-0.4, -0.2) is 13.0 Å². The molecular weight excluding hydrogens is 389 g/mol. The summed E-state index contributed by atoms with van der Waals surface area (Å²) in [7, 11) is 1.98. The zero-order chi connectivity index (χ0) is 21.8. The Bertz CT molecular complexity index is 1110. The first-order chi connectivity index (χ1) is 15.1. The zero-order valence-electron chi connectivity index (χ0n) is 17.7. The third-order valence-corrected chi connectivity index (χ3v) is 5.55. The first kappa shape index (κ1) is 20.8. The van der Waals surface area contributed by atoms with Crippen molar-refractivity contribution in [2.75, 3.05) is 17.7 Å². The summed E-state index contributed by atoms with van der Waals surface area (Å²) in [4.78, 5) is 12.9. The molecule has 4 nitrogen and oxygen atoms in total. The van der Waals surface area contributed by atoms with E-state index < -0.39 is 0 Å². The second kappa shape index (κ2) is 9.14. The average Bonchev–Trinajstić information content (AvgIpc) is 3.11. The fourth-order valence-electron chi connectivity index (χ4n) is 3.99. The normalized spacial score (nSPS) is 15.3. The maximum atomic E-state index is 13.7. The molecule has 4 rings (SSSR count). The molecule has 5 heteroatoms. The van der Waals surface area contributed by atoms with Crippen molar-refractivity contribution in [2.24, 2.45) is 0 Å². The summed E-state index contributed by atoms with van der Waals surface area (Å²) >= 11 is 0. The second-order valence-electron chi connectivity index (χ2n) is 7.64. The molecule has 0 radical (unpaired) electrons. The number of anilines is 2. The molecule has 0 aliphatic carbocycles. The van der Waals surface area contributed by atoms with Gasteiger partial charge in [-0.1, -0.05) is 55.8 Å². The average molecular weight is 416 g/mol. The van der Waals surface area contributed by atoms with Crippen LogP contribution in [0.4, 0.5) is 15.8 Å². The van der Waals surface area contributed by atoms with Crippen molar-refractivity contribution in [1.29, 1.82) is 0 Å². The highest BCUT2D eigenvalue weighted by Crippen LogP contribution is 2.38. The lowest BCUT2D eigenvalue weighted by Gasteiger charge is -2.18. The number of carbonyl (C=O) groups excluding carboxylic acids is 1. The van der Waals surface area contributed by atoms with Crippen molar-refractivity contribution in [3.05, 3.63) is 95.3 Å². The number of amides is 1. The van der Waals surface area contributed by atoms with E-state index in [0.29, 0.717) is 28.6 Å². The molecule has 31 heavy (non-hydrogen) atoms. The van der Waals surface area contributed by atoms with Gasteiger partial charge >= 0.3 is 0 Å². The third kappa shape index (κ3) is 4.37. The van der Waals surface area contributed by atoms with Crippen LogP contribution in [0, 0.1) is 5.82 Å².